The molecule has 0 unspecified atom stereocenters. The molecule has 0 aliphatic rings. The zero-order valence-corrected chi connectivity index (χ0v) is 12.4. The molecule has 0 aromatic heterocycles. The summed E-state index contributed by atoms with van der Waals surface area (Å²) in [4.78, 5) is 11.4. The van der Waals surface area contributed by atoms with E-state index < -0.39 is 0 Å². The number of rotatable bonds is 4. The van der Waals surface area contributed by atoms with Gasteiger partial charge in [-0.05, 0) is 48.0 Å². The second-order valence-corrected chi connectivity index (χ2v) is 5.09. The molecule has 0 spiro atoms. The topological polar surface area (TPSA) is 41.1 Å². The van der Waals surface area contributed by atoms with E-state index in [-0.39, 0.29) is 5.91 Å². The predicted molar refractivity (Wildman–Crippen MR) is 83.6 cm³/mol. The van der Waals surface area contributed by atoms with Gasteiger partial charge in [0.2, 0.25) is 0 Å². The molecule has 1 amide bonds. The average Bonchev–Trinajstić information content (AvgIpc) is 2.48. The highest BCUT2D eigenvalue weighted by Crippen LogP contribution is 2.21. The number of carbonyl (C=O) groups excluding carboxylic acids is 1. The predicted octanol–water partition coefficient (Wildman–Crippen LogP) is 3.97. The van der Waals surface area contributed by atoms with Gasteiger partial charge < -0.3 is 10.6 Å². The molecule has 2 rings (SSSR count). The highest BCUT2D eigenvalue weighted by molar-refractivity contribution is 6.33. The standard InChI is InChI=1S/C15H14Cl2N2O/c1-18-15(20)10-2-5-13(6-3-10)19-9-11-8-12(16)4-7-14(11)17/h2-8,19H,9H2,1H3,(H,18,20). The van der Waals surface area contributed by atoms with Crippen molar-refractivity contribution < 1.29 is 4.79 Å². The minimum absolute atomic E-state index is 0.102. The molecule has 0 saturated heterocycles. The Labute approximate surface area is 127 Å². The number of benzene rings is 2. The molecule has 104 valence electrons. The molecule has 2 N–H and O–H groups in total. The van der Waals surface area contributed by atoms with Crippen LogP contribution in [0.4, 0.5) is 5.69 Å². The van der Waals surface area contributed by atoms with Gasteiger partial charge >= 0.3 is 0 Å². The lowest BCUT2D eigenvalue weighted by Crippen LogP contribution is -2.17. The van der Waals surface area contributed by atoms with Crippen LogP contribution in [0, 0.1) is 0 Å². The summed E-state index contributed by atoms with van der Waals surface area (Å²) in [7, 11) is 1.61. The molecule has 0 saturated carbocycles. The second-order valence-electron chi connectivity index (χ2n) is 4.25. The molecule has 0 radical (unpaired) electrons. The fraction of sp³-hybridized carbons (Fsp3) is 0.133. The van der Waals surface area contributed by atoms with Gasteiger partial charge in [0, 0.05) is 34.9 Å². The van der Waals surface area contributed by atoms with E-state index in [4.69, 9.17) is 23.2 Å². The Morgan fingerprint density at radius 2 is 1.80 bits per heavy atom. The van der Waals surface area contributed by atoms with E-state index >= 15 is 0 Å². The van der Waals surface area contributed by atoms with Gasteiger partial charge in [0.05, 0.1) is 0 Å². The molecule has 2 aromatic carbocycles. The van der Waals surface area contributed by atoms with Gasteiger partial charge in [-0.15, -0.1) is 0 Å². The van der Waals surface area contributed by atoms with E-state index in [1.54, 1.807) is 31.3 Å². The van der Waals surface area contributed by atoms with Crippen molar-refractivity contribution in [3.63, 3.8) is 0 Å². The smallest absolute Gasteiger partial charge is 0.251 e. The third-order valence-electron chi connectivity index (χ3n) is 2.86. The fourth-order valence-corrected chi connectivity index (χ4v) is 2.14. The van der Waals surface area contributed by atoms with Crippen LogP contribution in [0.3, 0.4) is 0 Å². The first-order valence-electron chi connectivity index (χ1n) is 6.10. The molecule has 20 heavy (non-hydrogen) atoms. The van der Waals surface area contributed by atoms with Gasteiger partial charge in [0.15, 0.2) is 0 Å². The Balaban J connectivity index is 2.04. The summed E-state index contributed by atoms with van der Waals surface area (Å²) in [6.07, 6.45) is 0. The van der Waals surface area contributed by atoms with Crippen molar-refractivity contribution in [2.24, 2.45) is 0 Å². The lowest BCUT2D eigenvalue weighted by Gasteiger charge is -2.09. The summed E-state index contributed by atoms with van der Waals surface area (Å²) in [5.74, 6) is -0.102. The van der Waals surface area contributed by atoms with Crippen molar-refractivity contribution in [1.29, 1.82) is 0 Å². The third kappa shape index (κ3) is 3.65. The first-order chi connectivity index (χ1) is 9.60. The molecular weight excluding hydrogens is 295 g/mol. The van der Waals surface area contributed by atoms with Crippen LogP contribution in [-0.4, -0.2) is 13.0 Å². The quantitative estimate of drug-likeness (QED) is 0.897. The van der Waals surface area contributed by atoms with Crippen LogP contribution in [0.5, 0.6) is 0 Å². The first kappa shape index (κ1) is 14.7. The Morgan fingerprint density at radius 3 is 2.45 bits per heavy atom. The van der Waals surface area contributed by atoms with E-state index in [2.05, 4.69) is 10.6 Å². The Kier molecular flexibility index (Phi) is 4.88. The lowest BCUT2D eigenvalue weighted by atomic mass is 10.2. The summed E-state index contributed by atoms with van der Waals surface area (Å²) < 4.78 is 0. The van der Waals surface area contributed by atoms with Gasteiger partial charge in [-0.3, -0.25) is 4.79 Å². The number of nitrogens with one attached hydrogen (secondary N) is 2. The molecule has 3 nitrogen and oxygen atoms in total. The SMILES string of the molecule is CNC(=O)c1ccc(NCc2cc(Cl)ccc2Cl)cc1. The maximum Gasteiger partial charge on any atom is 0.251 e. The van der Waals surface area contributed by atoms with E-state index in [1.165, 1.54) is 0 Å². The number of carbonyl (C=O) groups is 1. The molecule has 0 aliphatic carbocycles. The molecule has 0 aliphatic heterocycles. The summed E-state index contributed by atoms with van der Waals surface area (Å²) in [5, 5.41) is 7.14. The summed E-state index contributed by atoms with van der Waals surface area (Å²) in [6, 6.07) is 12.6. The van der Waals surface area contributed by atoms with Crippen molar-refractivity contribution in [1.82, 2.24) is 5.32 Å². The number of hydrogen-bond donors (Lipinski definition) is 2. The zero-order chi connectivity index (χ0) is 14.5. The number of hydrogen-bond acceptors (Lipinski definition) is 2. The van der Waals surface area contributed by atoms with Crippen LogP contribution >= 0.6 is 23.2 Å². The lowest BCUT2D eigenvalue weighted by molar-refractivity contribution is 0.0963. The zero-order valence-electron chi connectivity index (χ0n) is 10.9. The number of amides is 1. The van der Waals surface area contributed by atoms with Gasteiger partial charge in [-0.25, -0.2) is 0 Å². The summed E-state index contributed by atoms with van der Waals surface area (Å²) in [5.41, 5.74) is 2.46. The minimum Gasteiger partial charge on any atom is -0.381 e. The number of anilines is 1. The van der Waals surface area contributed by atoms with Crippen molar-refractivity contribution in [3.05, 3.63) is 63.6 Å². The first-order valence-corrected chi connectivity index (χ1v) is 6.85. The largest absolute Gasteiger partial charge is 0.381 e. The Morgan fingerprint density at radius 1 is 1.10 bits per heavy atom. The van der Waals surface area contributed by atoms with E-state index in [9.17, 15) is 4.79 Å². The van der Waals surface area contributed by atoms with E-state index in [0.717, 1.165) is 11.3 Å². The molecule has 5 heteroatoms. The van der Waals surface area contributed by atoms with Crippen LogP contribution in [0.25, 0.3) is 0 Å². The average molecular weight is 309 g/mol. The molecule has 2 aromatic rings. The minimum atomic E-state index is -0.102. The maximum atomic E-state index is 11.4. The van der Waals surface area contributed by atoms with Crippen LogP contribution in [0.15, 0.2) is 42.5 Å². The van der Waals surface area contributed by atoms with Crippen LogP contribution in [0.1, 0.15) is 15.9 Å². The third-order valence-corrected chi connectivity index (χ3v) is 3.47. The van der Waals surface area contributed by atoms with Crippen LogP contribution in [0.2, 0.25) is 10.0 Å². The van der Waals surface area contributed by atoms with Crippen molar-refractivity contribution in [2.75, 3.05) is 12.4 Å². The van der Waals surface area contributed by atoms with Gasteiger partial charge in [-0.1, -0.05) is 23.2 Å². The molecule has 0 bridgehead atoms. The van der Waals surface area contributed by atoms with Gasteiger partial charge in [0.25, 0.3) is 5.91 Å². The highest BCUT2D eigenvalue weighted by Gasteiger charge is 2.04. The van der Waals surface area contributed by atoms with Crippen LogP contribution < -0.4 is 10.6 Å². The van der Waals surface area contributed by atoms with Crippen molar-refractivity contribution in [2.45, 2.75) is 6.54 Å². The van der Waals surface area contributed by atoms with E-state index in [1.807, 2.05) is 18.2 Å². The van der Waals surface area contributed by atoms with Crippen molar-refractivity contribution >= 4 is 34.8 Å². The molecule has 0 heterocycles. The van der Waals surface area contributed by atoms with Gasteiger partial charge in [0.1, 0.15) is 0 Å². The molecule has 0 fully saturated rings. The fourth-order valence-electron chi connectivity index (χ4n) is 1.76. The monoisotopic (exact) mass is 308 g/mol. The van der Waals surface area contributed by atoms with E-state index in [0.29, 0.717) is 22.2 Å². The Hall–Kier alpha value is -1.71. The van der Waals surface area contributed by atoms with Crippen LogP contribution in [-0.2, 0) is 6.54 Å². The number of halogens is 2. The van der Waals surface area contributed by atoms with Crippen molar-refractivity contribution in [3.8, 4) is 0 Å². The molecular formula is C15H14Cl2N2O. The normalized spacial score (nSPS) is 10.2. The Bertz CT molecular complexity index is 612. The molecule has 0 atom stereocenters. The summed E-state index contributed by atoms with van der Waals surface area (Å²) in [6.45, 7) is 0.568. The summed E-state index contributed by atoms with van der Waals surface area (Å²) >= 11 is 12.0. The maximum absolute atomic E-state index is 11.4. The second kappa shape index (κ2) is 6.64. The highest BCUT2D eigenvalue weighted by atomic mass is 35.5. The van der Waals surface area contributed by atoms with Gasteiger partial charge in [-0.2, -0.15) is 0 Å².